The molecule has 0 aromatic heterocycles. The van der Waals surface area contributed by atoms with E-state index in [1.165, 1.54) is 0 Å². The summed E-state index contributed by atoms with van der Waals surface area (Å²) in [5, 5.41) is 0. The lowest BCUT2D eigenvalue weighted by Crippen LogP contribution is -2.13. The van der Waals surface area contributed by atoms with Crippen LogP contribution in [-0.2, 0) is 0 Å². The molecule has 2 nitrogen and oxygen atoms in total. The maximum atomic E-state index is 12.2. The standard InChI is InChI=1S/C11H15F2NO/c1-7-4-3-5-9(8(2)6-14)10(7)15-11(12)13/h3-5,8,11H,6,14H2,1-2H3. The summed E-state index contributed by atoms with van der Waals surface area (Å²) in [7, 11) is 0. The van der Waals surface area contributed by atoms with Gasteiger partial charge in [-0.3, -0.25) is 0 Å². The molecule has 0 heterocycles. The Morgan fingerprint density at radius 1 is 1.40 bits per heavy atom. The third-order valence-corrected chi connectivity index (χ3v) is 2.33. The quantitative estimate of drug-likeness (QED) is 0.838. The molecule has 84 valence electrons. The van der Waals surface area contributed by atoms with Crippen molar-refractivity contribution in [3.8, 4) is 5.75 Å². The number of benzene rings is 1. The first-order valence-electron chi connectivity index (χ1n) is 4.80. The average molecular weight is 215 g/mol. The van der Waals surface area contributed by atoms with Crippen LogP contribution in [0.4, 0.5) is 8.78 Å². The predicted molar refractivity (Wildman–Crippen MR) is 55.3 cm³/mol. The molecule has 1 unspecified atom stereocenters. The Morgan fingerprint density at radius 3 is 2.60 bits per heavy atom. The van der Waals surface area contributed by atoms with Gasteiger partial charge in [-0.25, -0.2) is 0 Å². The topological polar surface area (TPSA) is 35.2 Å². The van der Waals surface area contributed by atoms with Gasteiger partial charge in [-0.05, 0) is 30.5 Å². The molecule has 4 heteroatoms. The minimum Gasteiger partial charge on any atom is -0.434 e. The van der Waals surface area contributed by atoms with Crippen LogP contribution in [0.25, 0.3) is 0 Å². The Hall–Kier alpha value is -1.16. The van der Waals surface area contributed by atoms with Crippen LogP contribution < -0.4 is 10.5 Å². The molecule has 0 fully saturated rings. The van der Waals surface area contributed by atoms with Gasteiger partial charge in [-0.1, -0.05) is 25.1 Å². The second-order valence-corrected chi connectivity index (χ2v) is 3.51. The smallest absolute Gasteiger partial charge is 0.387 e. The molecule has 1 aromatic rings. The van der Waals surface area contributed by atoms with Gasteiger partial charge < -0.3 is 10.5 Å². The molecule has 0 amide bonds. The molecule has 15 heavy (non-hydrogen) atoms. The Balaban J connectivity index is 3.08. The number of rotatable bonds is 4. The fraction of sp³-hybridized carbons (Fsp3) is 0.455. The van der Waals surface area contributed by atoms with E-state index in [1.807, 2.05) is 13.0 Å². The van der Waals surface area contributed by atoms with Crippen LogP contribution in [0.2, 0.25) is 0 Å². The summed E-state index contributed by atoms with van der Waals surface area (Å²) in [5.74, 6) is 0.268. The summed E-state index contributed by atoms with van der Waals surface area (Å²) in [6, 6.07) is 5.32. The Morgan fingerprint density at radius 2 is 2.07 bits per heavy atom. The lowest BCUT2D eigenvalue weighted by molar-refractivity contribution is -0.0510. The van der Waals surface area contributed by atoms with Gasteiger partial charge in [0, 0.05) is 0 Å². The van der Waals surface area contributed by atoms with Gasteiger partial charge in [0.2, 0.25) is 0 Å². The molecule has 0 aliphatic rings. The minimum atomic E-state index is -2.80. The summed E-state index contributed by atoms with van der Waals surface area (Å²) in [5.41, 5.74) is 6.95. The number of halogens is 2. The summed E-state index contributed by atoms with van der Waals surface area (Å²) in [4.78, 5) is 0. The normalized spacial score (nSPS) is 12.9. The lowest BCUT2D eigenvalue weighted by atomic mass is 9.98. The molecule has 0 radical (unpaired) electrons. The van der Waals surface area contributed by atoms with E-state index in [9.17, 15) is 8.78 Å². The van der Waals surface area contributed by atoms with Gasteiger partial charge in [0.15, 0.2) is 0 Å². The number of aryl methyl sites for hydroxylation is 1. The number of para-hydroxylation sites is 1. The van der Waals surface area contributed by atoms with Crippen molar-refractivity contribution < 1.29 is 13.5 Å². The van der Waals surface area contributed by atoms with E-state index in [0.717, 1.165) is 5.56 Å². The molecule has 0 spiro atoms. The number of nitrogens with two attached hydrogens (primary N) is 1. The highest BCUT2D eigenvalue weighted by molar-refractivity contribution is 5.42. The second kappa shape index (κ2) is 5.07. The first-order valence-corrected chi connectivity index (χ1v) is 4.80. The number of hydrogen-bond donors (Lipinski definition) is 1. The van der Waals surface area contributed by atoms with Gasteiger partial charge in [0.1, 0.15) is 5.75 Å². The number of alkyl halides is 2. The Bertz CT molecular complexity index is 328. The highest BCUT2D eigenvalue weighted by Gasteiger charge is 2.15. The van der Waals surface area contributed by atoms with E-state index in [0.29, 0.717) is 12.1 Å². The summed E-state index contributed by atoms with van der Waals surface area (Å²) in [6.45, 7) is 1.23. The van der Waals surface area contributed by atoms with Crippen molar-refractivity contribution >= 4 is 0 Å². The fourth-order valence-electron chi connectivity index (χ4n) is 1.44. The van der Waals surface area contributed by atoms with E-state index < -0.39 is 6.61 Å². The van der Waals surface area contributed by atoms with Crippen molar-refractivity contribution in [2.24, 2.45) is 5.73 Å². The predicted octanol–water partition coefficient (Wildman–Crippen LogP) is 2.66. The first-order chi connectivity index (χ1) is 7.06. The summed E-state index contributed by atoms with van der Waals surface area (Å²) < 4.78 is 28.9. The van der Waals surface area contributed by atoms with Crippen molar-refractivity contribution in [2.45, 2.75) is 26.4 Å². The molecule has 0 saturated heterocycles. The van der Waals surface area contributed by atoms with Gasteiger partial charge in [-0.15, -0.1) is 0 Å². The zero-order valence-electron chi connectivity index (χ0n) is 8.84. The maximum Gasteiger partial charge on any atom is 0.387 e. The van der Waals surface area contributed by atoms with Crippen LogP contribution in [0, 0.1) is 6.92 Å². The fourth-order valence-corrected chi connectivity index (χ4v) is 1.44. The van der Waals surface area contributed by atoms with Crippen molar-refractivity contribution in [1.82, 2.24) is 0 Å². The average Bonchev–Trinajstić information content (AvgIpc) is 2.19. The molecule has 0 aliphatic carbocycles. The molecule has 1 aromatic carbocycles. The molecule has 0 saturated carbocycles. The molecule has 0 bridgehead atoms. The van der Waals surface area contributed by atoms with Crippen LogP contribution >= 0.6 is 0 Å². The van der Waals surface area contributed by atoms with Crippen molar-refractivity contribution in [2.75, 3.05) is 6.54 Å². The van der Waals surface area contributed by atoms with Crippen LogP contribution in [0.15, 0.2) is 18.2 Å². The molecule has 0 aliphatic heterocycles. The largest absolute Gasteiger partial charge is 0.434 e. The molecule has 2 N–H and O–H groups in total. The third-order valence-electron chi connectivity index (χ3n) is 2.33. The Kier molecular flexibility index (Phi) is 4.03. The van der Waals surface area contributed by atoms with Crippen LogP contribution in [0.3, 0.4) is 0 Å². The van der Waals surface area contributed by atoms with E-state index in [2.05, 4.69) is 4.74 Å². The van der Waals surface area contributed by atoms with Crippen LogP contribution in [0.1, 0.15) is 24.0 Å². The number of ether oxygens (including phenoxy) is 1. The molecule has 1 rings (SSSR count). The van der Waals surface area contributed by atoms with Crippen LogP contribution in [-0.4, -0.2) is 13.2 Å². The highest BCUT2D eigenvalue weighted by Crippen LogP contribution is 2.30. The first kappa shape index (κ1) is 11.9. The Labute approximate surface area is 88.0 Å². The SMILES string of the molecule is Cc1cccc(C(C)CN)c1OC(F)F. The zero-order chi connectivity index (χ0) is 11.4. The van der Waals surface area contributed by atoms with Gasteiger partial charge in [0.25, 0.3) is 0 Å². The maximum absolute atomic E-state index is 12.2. The van der Waals surface area contributed by atoms with Crippen molar-refractivity contribution in [3.63, 3.8) is 0 Å². The van der Waals surface area contributed by atoms with E-state index >= 15 is 0 Å². The molecular weight excluding hydrogens is 200 g/mol. The van der Waals surface area contributed by atoms with Gasteiger partial charge >= 0.3 is 6.61 Å². The van der Waals surface area contributed by atoms with Crippen LogP contribution in [0.5, 0.6) is 5.75 Å². The molecule has 1 atom stereocenters. The lowest BCUT2D eigenvalue weighted by Gasteiger charge is -2.17. The van der Waals surface area contributed by atoms with Gasteiger partial charge in [0.05, 0.1) is 0 Å². The number of hydrogen-bond acceptors (Lipinski definition) is 2. The zero-order valence-corrected chi connectivity index (χ0v) is 8.84. The highest BCUT2D eigenvalue weighted by atomic mass is 19.3. The van der Waals surface area contributed by atoms with Crippen molar-refractivity contribution in [3.05, 3.63) is 29.3 Å². The molecular formula is C11H15F2NO. The van der Waals surface area contributed by atoms with E-state index in [4.69, 9.17) is 5.73 Å². The summed E-state index contributed by atoms with van der Waals surface area (Å²) >= 11 is 0. The monoisotopic (exact) mass is 215 g/mol. The summed E-state index contributed by atoms with van der Waals surface area (Å²) in [6.07, 6.45) is 0. The van der Waals surface area contributed by atoms with E-state index in [1.54, 1.807) is 19.1 Å². The minimum absolute atomic E-state index is 0.0126. The van der Waals surface area contributed by atoms with Gasteiger partial charge in [-0.2, -0.15) is 8.78 Å². The van der Waals surface area contributed by atoms with E-state index in [-0.39, 0.29) is 11.7 Å². The second-order valence-electron chi connectivity index (χ2n) is 3.51. The van der Waals surface area contributed by atoms with Crippen molar-refractivity contribution in [1.29, 1.82) is 0 Å². The third kappa shape index (κ3) is 2.89.